The van der Waals surface area contributed by atoms with Gasteiger partial charge >= 0.3 is 0 Å². The van der Waals surface area contributed by atoms with Crippen molar-refractivity contribution in [2.75, 3.05) is 0 Å². The first-order chi connectivity index (χ1) is 18.1. The minimum absolute atomic E-state index is 0.118. The van der Waals surface area contributed by atoms with Gasteiger partial charge in [0.1, 0.15) is 11.5 Å². The summed E-state index contributed by atoms with van der Waals surface area (Å²) in [6.45, 7) is 5.41. The fourth-order valence-corrected chi connectivity index (χ4v) is 6.40. The van der Waals surface area contributed by atoms with E-state index in [2.05, 4.69) is 0 Å². The van der Waals surface area contributed by atoms with Gasteiger partial charge in [-0.15, -0.1) is 0 Å². The van der Waals surface area contributed by atoms with Crippen LogP contribution in [-0.2, 0) is 4.79 Å². The van der Waals surface area contributed by atoms with Crippen LogP contribution in [0.25, 0.3) is 0 Å². The third-order valence-electron chi connectivity index (χ3n) is 8.05. The largest absolute Gasteiger partial charge is 0.297 e. The molecule has 1 fully saturated rings. The average Bonchev–Trinajstić information content (AvgIpc) is 3.34. The highest BCUT2D eigenvalue weighted by molar-refractivity contribution is 6.31. The number of fused-ring (bicyclic) bond motifs is 5. The Bertz CT molecular complexity index is 1530. The molecule has 0 amide bonds. The summed E-state index contributed by atoms with van der Waals surface area (Å²) in [5.41, 5.74) is 0.0515. The zero-order valence-electron chi connectivity index (χ0n) is 21.1. The van der Waals surface area contributed by atoms with Crippen molar-refractivity contribution >= 4 is 29.3 Å². The Morgan fingerprint density at radius 1 is 0.921 bits per heavy atom. The summed E-state index contributed by atoms with van der Waals surface area (Å²) in [5.74, 6) is -1.80. The third-order valence-corrected chi connectivity index (χ3v) is 8.05. The standard InChI is InChI=1S/C30H25N3O5/c1-29(2,3)28(36)24-23(17-12-14-19(15-13-17)33(37)38)30(26(34)21-10-6-7-11-22(21)27(30)35)25-20-9-5-4-8-18(20)16-31-32(24)25/h4-16,23-25H,1-3H3/t23-,24-,25+/m0/s1. The van der Waals surface area contributed by atoms with E-state index in [1.165, 1.54) is 12.1 Å². The second-order valence-electron chi connectivity index (χ2n) is 11.1. The molecule has 0 aromatic heterocycles. The van der Waals surface area contributed by atoms with Crippen LogP contribution >= 0.6 is 0 Å². The van der Waals surface area contributed by atoms with E-state index in [0.29, 0.717) is 16.7 Å². The molecule has 0 radical (unpaired) electrons. The number of nitro groups is 1. The van der Waals surface area contributed by atoms with Gasteiger partial charge in [-0.05, 0) is 16.7 Å². The molecule has 8 nitrogen and oxygen atoms in total. The maximum atomic E-state index is 14.6. The van der Waals surface area contributed by atoms with E-state index < -0.39 is 33.8 Å². The first-order valence-corrected chi connectivity index (χ1v) is 12.5. The fraction of sp³-hybridized carbons (Fsp3) is 0.267. The van der Waals surface area contributed by atoms with Crippen molar-refractivity contribution in [3.05, 3.63) is 111 Å². The number of hydrogen-bond acceptors (Lipinski definition) is 7. The third kappa shape index (κ3) is 3.03. The van der Waals surface area contributed by atoms with Crippen LogP contribution in [0, 0.1) is 20.9 Å². The molecule has 0 N–H and O–H groups in total. The number of non-ortho nitro benzene ring substituents is 1. The van der Waals surface area contributed by atoms with Crippen LogP contribution in [0.3, 0.4) is 0 Å². The summed E-state index contributed by atoms with van der Waals surface area (Å²) in [7, 11) is 0. The fourth-order valence-electron chi connectivity index (χ4n) is 6.40. The highest BCUT2D eigenvalue weighted by atomic mass is 16.6. The Hall–Kier alpha value is -4.46. The summed E-state index contributed by atoms with van der Waals surface area (Å²) in [5, 5.41) is 17.7. The molecule has 190 valence electrons. The Labute approximate surface area is 219 Å². The Morgan fingerprint density at radius 3 is 2.08 bits per heavy atom. The number of hydrogen-bond donors (Lipinski definition) is 0. The van der Waals surface area contributed by atoms with Gasteiger partial charge in [0.2, 0.25) is 0 Å². The van der Waals surface area contributed by atoms with Crippen molar-refractivity contribution in [3.63, 3.8) is 0 Å². The molecular formula is C30H25N3O5. The van der Waals surface area contributed by atoms with Gasteiger partial charge in [0, 0.05) is 34.6 Å². The van der Waals surface area contributed by atoms with Crippen LogP contribution in [0.5, 0.6) is 0 Å². The lowest BCUT2D eigenvalue weighted by atomic mass is 9.62. The Balaban J connectivity index is 1.69. The highest BCUT2D eigenvalue weighted by Crippen LogP contribution is 2.65. The molecule has 3 atom stereocenters. The Kier molecular flexibility index (Phi) is 5.04. The molecule has 0 bridgehead atoms. The molecule has 0 unspecified atom stereocenters. The number of rotatable bonds is 3. The van der Waals surface area contributed by atoms with Crippen molar-refractivity contribution < 1.29 is 19.3 Å². The van der Waals surface area contributed by atoms with Crippen molar-refractivity contribution in [2.45, 2.75) is 38.8 Å². The zero-order valence-corrected chi connectivity index (χ0v) is 21.1. The lowest BCUT2D eigenvalue weighted by Crippen LogP contribution is -2.45. The summed E-state index contributed by atoms with van der Waals surface area (Å²) in [6.07, 6.45) is 1.66. The summed E-state index contributed by atoms with van der Waals surface area (Å²) >= 11 is 0. The first kappa shape index (κ1) is 23.9. The number of nitro benzene ring substituents is 1. The second kappa shape index (κ2) is 8.02. The van der Waals surface area contributed by atoms with E-state index in [4.69, 9.17) is 5.10 Å². The number of nitrogens with zero attached hydrogens (tertiary/aromatic N) is 3. The van der Waals surface area contributed by atoms with E-state index in [0.717, 1.165) is 11.1 Å². The SMILES string of the molecule is CC(C)(C)C(=O)[C@@H]1[C@H](c2ccc([N+](=O)[O-])cc2)C2(C(=O)c3ccccc3C2=O)[C@H]2c3ccccc3C=NN12. The van der Waals surface area contributed by atoms with Crippen molar-refractivity contribution in [1.82, 2.24) is 5.01 Å². The number of carbonyl (C=O) groups is 3. The van der Waals surface area contributed by atoms with E-state index in [9.17, 15) is 24.5 Å². The molecule has 8 heteroatoms. The molecule has 2 heterocycles. The molecule has 3 aliphatic rings. The van der Waals surface area contributed by atoms with Crippen LogP contribution in [0.4, 0.5) is 5.69 Å². The number of carbonyl (C=O) groups excluding carboxylic acids is 3. The molecule has 1 saturated heterocycles. The normalized spacial score (nSPS) is 22.8. The molecule has 38 heavy (non-hydrogen) atoms. The lowest BCUT2D eigenvalue weighted by Gasteiger charge is -2.36. The van der Waals surface area contributed by atoms with Crippen LogP contribution in [0.15, 0.2) is 77.9 Å². The maximum absolute atomic E-state index is 14.6. The van der Waals surface area contributed by atoms with Gasteiger partial charge in [-0.1, -0.05) is 81.4 Å². The lowest BCUT2D eigenvalue weighted by molar-refractivity contribution is -0.384. The van der Waals surface area contributed by atoms with E-state index in [-0.39, 0.29) is 23.0 Å². The van der Waals surface area contributed by atoms with Crippen molar-refractivity contribution in [3.8, 4) is 0 Å². The molecule has 1 aliphatic carbocycles. The molecule has 2 aliphatic heterocycles. The Morgan fingerprint density at radius 2 is 1.50 bits per heavy atom. The zero-order chi connectivity index (χ0) is 27.0. The van der Waals surface area contributed by atoms with Gasteiger partial charge in [-0.25, -0.2) is 0 Å². The monoisotopic (exact) mass is 507 g/mol. The summed E-state index contributed by atoms with van der Waals surface area (Å²) in [4.78, 5) is 54.2. The van der Waals surface area contributed by atoms with Gasteiger partial charge in [0.25, 0.3) is 5.69 Å². The van der Waals surface area contributed by atoms with Gasteiger partial charge in [0.15, 0.2) is 17.3 Å². The first-order valence-electron chi connectivity index (χ1n) is 12.5. The van der Waals surface area contributed by atoms with Crippen LogP contribution in [-0.4, -0.2) is 39.5 Å². The van der Waals surface area contributed by atoms with E-state index in [1.54, 1.807) is 68.4 Å². The van der Waals surface area contributed by atoms with Crippen molar-refractivity contribution in [1.29, 1.82) is 0 Å². The molecular weight excluding hydrogens is 482 g/mol. The van der Waals surface area contributed by atoms with Crippen LogP contribution in [0.1, 0.15) is 70.1 Å². The minimum Gasteiger partial charge on any atom is -0.297 e. The van der Waals surface area contributed by atoms with Gasteiger partial charge < -0.3 is 0 Å². The number of Topliss-reactive ketones (excluding diaryl/α,β-unsaturated/α-hetero) is 3. The molecule has 6 rings (SSSR count). The quantitative estimate of drug-likeness (QED) is 0.276. The maximum Gasteiger partial charge on any atom is 0.269 e. The van der Waals surface area contributed by atoms with Crippen molar-refractivity contribution in [2.24, 2.45) is 15.9 Å². The average molecular weight is 508 g/mol. The number of ketones is 3. The summed E-state index contributed by atoms with van der Waals surface area (Å²) < 4.78 is 0. The van der Waals surface area contributed by atoms with Crippen LogP contribution < -0.4 is 0 Å². The van der Waals surface area contributed by atoms with Gasteiger partial charge in [0.05, 0.1) is 17.2 Å². The smallest absolute Gasteiger partial charge is 0.269 e. The summed E-state index contributed by atoms with van der Waals surface area (Å²) in [6, 6.07) is 18.3. The molecule has 3 aromatic carbocycles. The molecule has 3 aromatic rings. The predicted molar refractivity (Wildman–Crippen MR) is 140 cm³/mol. The topological polar surface area (TPSA) is 110 Å². The predicted octanol–water partition coefficient (Wildman–Crippen LogP) is 5.13. The number of hydrazone groups is 1. The second-order valence-corrected chi connectivity index (χ2v) is 11.1. The van der Waals surface area contributed by atoms with Gasteiger partial charge in [-0.3, -0.25) is 29.5 Å². The molecule has 0 saturated carbocycles. The number of benzene rings is 3. The van der Waals surface area contributed by atoms with Crippen LogP contribution in [0.2, 0.25) is 0 Å². The van der Waals surface area contributed by atoms with E-state index >= 15 is 0 Å². The van der Waals surface area contributed by atoms with E-state index in [1.807, 2.05) is 24.3 Å². The minimum atomic E-state index is -1.68. The van der Waals surface area contributed by atoms with Gasteiger partial charge in [-0.2, -0.15) is 5.10 Å². The molecule has 1 spiro atoms. The highest BCUT2D eigenvalue weighted by Gasteiger charge is 2.73.